The first kappa shape index (κ1) is 16.4. The fourth-order valence-electron chi connectivity index (χ4n) is 2.84. The van der Waals surface area contributed by atoms with Crippen molar-refractivity contribution in [2.24, 2.45) is 0 Å². The van der Waals surface area contributed by atoms with E-state index in [0.29, 0.717) is 28.0 Å². The van der Waals surface area contributed by atoms with Crippen molar-refractivity contribution in [2.45, 2.75) is 0 Å². The number of aromatic carboxylic acids is 1. The van der Waals surface area contributed by atoms with E-state index < -0.39 is 11.9 Å². The van der Waals surface area contributed by atoms with Crippen LogP contribution in [0.1, 0.15) is 31.8 Å². The lowest BCUT2D eigenvalue weighted by Crippen LogP contribution is -2.26. The Kier molecular flexibility index (Phi) is 4.10. The number of carboxylic acid groups (broad SMARTS) is 1. The molecule has 0 atom stereocenters. The van der Waals surface area contributed by atoms with E-state index >= 15 is 0 Å². The van der Waals surface area contributed by atoms with Crippen molar-refractivity contribution in [2.75, 3.05) is 19.1 Å². The molecule has 6 heteroatoms. The van der Waals surface area contributed by atoms with E-state index in [1.807, 2.05) is 0 Å². The zero-order valence-electron chi connectivity index (χ0n) is 13.6. The molecule has 0 aromatic heterocycles. The summed E-state index contributed by atoms with van der Waals surface area (Å²) in [4.78, 5) is 37.4. The quantitative estimate of drug-likeness (QED) is 0.672. The lowest BCUT2D eigenvalue weighted by molar-refractivity contribution is -0.134. The number of methoxy groups -OCH3 is 1. The number of ether oxygens (including phenoxy) is 1. The Morgan fingerprint density at radius 3 is 2.40 bits per heavy atom. The van der Waals surface area contributed by atoms with Gasteiger partial charge in [-0.2, -0.15) is 0 Å². The second kappa shape index (κ2) is 6.24. The predicted octanol–water partition coefficient (Wildman–Crippen LogP) is 2.58. The Balaban J connectivity index is 2.36. The van der Waals surface area contributed by atoms with Gasteiger partial charge < -0.3 is 14.7 Å². The van der Waals surface area contributed by atoms with Gasteiger partial charge in [-0.1, -0.05) is 24.3 Å². The molecule has 0 spiro atoms. The zero-order chi connectivity index (χ0) is 18.1. The minimum absolute atomic E-state index is 0.0572. The number of carbonyl (C=O) groups excluding carboxylic acids is 2. The molecule has 6 nitrogen and oxygen atoms in total. The molecule has 0 bridgehead atoms. The van der Waals surface area contributed by atoms with E-state index in [1.165, 1.54) is 30.2 Å². The number of amides is 1. The van der Waals surface area contributed by atoms with Crippen molar-refractivity contribution >= 4 is 29.1 Å². The molecule has 1 N–H and O–H groups in total. The highest BCUT2D eigenvalue weighted by atomic mass is 16.5. The van der Waals surface area contributed by atoms with Gasteiger partial charge in [-0.05, 0) is 29.3 Å². The molecule has 0 radical (unpaired) electrons. The topological polar surface area (TPSA) is 83.9 Å². The van der Waals surface area contributed by atoms with Crippen LogP contribution in [0.25, 0.3) is 5.57 Å². The number of carbonyl (C=O) groups is 3. The highest BCUT2D eigenvalue weighted by molar-refractivity contribution is 6.15. The number of hydrogen-bond donors (Lipinski definition) is 1. The predicted molar refractivity (Wildman–Crippen MR) is 91.7 cm³/mol. The van der Waals surface area contributed by atoms with Crippen LogP contribution in [0, 0.1) is 0 Å². The summed E-state index contributed by atoms with van der Waals surface area (Å²) in [6.07, 6.45) is 1.31. The third kappa shape index (κ3) is 2.78. The van der Waals surface area contributed by atoms with Gasteiger partial charge in [0.2, 0.25) is 0 Å². The molecular formula is C19H15NO5. The highest BCUT2D eigenvalue weighted by Crippen LogP contribution is 2.38. The molecule has 0 saturated heterocycles. The van der Waals surface area contributed by atoms with Gasteiger partial charge in [0.05, 0.1) is 18.4 Å². The maximum absolute atomic E-state index is 12.8. The van der Waals surface area contributed by atoms with Crippen molar-refractivity contribution in [1.82, 2.24) is 0 Å². The van der Waals surface area contributed by atoms with Crippen molar-refractivity contribution in [3.05, 3.63) is 70.8 Å². The van der Waals surface area contributed by atoms with Crippen LogP contribution in [0.2, 0.25) is 0 Å². The van der Waals surface area contributed by atoms with E-state index in [4.69, 9.17) is 4.74 Å². The average molecular weight is 337 g/mol. The summed E-state index contributed by atoms with van der Waals surface area (Å²) >= 11 is 0. The third-order valence-electron chi connectivity index (χ3n) is 4.11. The number of esters is 1. The van der Waals surface area contributed by atoms with Crippen molar-refractivity contribution in [3.8, 4) is 0 Å². The summed E-state index contributed by atoms with van der Waals surface area (Å²) in [6, 6.07) is 11.4. The number of fused-ring (bicyclic) bond motifs is 2. The minimum Gasteiger partial charge on any atom is -0.478 e. The van der Waals surface area contributed by atoms with Crippen molar-refractivity contribution in [3.63, 3.8) is 0 Å². The maximum Gasteiger partial charge on any atom is 0.335 e. The Morgan fingerprint density at radius 1 is 1.08 bits per heavy atom. The second-order valence-electron chi connectivity index (χ2n) is 5.53. The number of benzene rings is 2. The second-order valence-corrected chi connectivity index (χ2v) is 5.53. The Labute approximate surface area is 143 Å². The molecule has 1 amide bonds. The molecule has 2 aromatic rings. The molecule has 0 saturated carbocycles. The smallest absolute Gasteiger partial charge is 0.335 e. The van der Waals surface area contributed by atoms with Gasteiger partial charge in [-0.3, -0.25) is 4.79 Å². The molecule has 126 valence electrons. The number of hydrogen-bond acceptors (Lipinski definition) is 4. The Bertz CT molecular complexity index is 929. The lowest BCUT2D eigenvalue weighted by Gasteiger charge is -2.18. The average Bonchev–Trinajstić information content (AvgIpc) is 2.71. The zero-order valence-corrected chi connectivity index (χ0v) is 13.6. The van der Waals surface area contributed by atoms with Crippen LogP contribution in [0.15, 0.2) is 48.5 Å². The van der Waals surface area contributed by atoms with Gasteiger partial charge in [-0.25, -0.2) is 9.59 Å². The van der Waals surface area contributed by atoms with Gasteiger partial charge in [-0.15, -0.1) is 0 Å². The molecule has 0 aliphatic carbocycles. The number of rotatable bonds is 2. The molecule has 1 heterocycles. The number of anilines is 1. The summed E-state index contributed by atoms with van der Waals surface area (Å²) in [5, 5.41) is 9.24. The summed E-state index contributed by atoms with van der Waals surface area (Å²) in [5.41, 5.74) is 2.57. The van der Waals surface area contributed by atoms with Gasteiger partial charge in [0.1, 0.15) is 0 Å². The first-order valence-electron chi connectivity index (χ1n) is 7.49. The fourth-order valence-corrected chi connectivity index (χ4v) is 2.84. The summed E-state index contributed by atoms with van der Waals surface area (Å²) in [7, 11) is 2.85. The van der Waals surface area contributed by atoms with E-state index in [1.54, 1.807) is 37.4 Å². The highest BCUT2D eigenvalue weighted by Gasteiger charge is 2.28. The van der Waals surface area contributed by atoms with Crippen molar-refractivity contribution < 1.29 is 24.2 Å². The van der Waals surface area contributed by atoms with E-state index in [0.717, 1.165) is 0 Å². The summed E-state index contributed by atoms with van der Waals surface area (Å²) in [5.74, 6) is -1.94. The number of nitrogens with zero attached hydrogens (tertiary/aromatic N) is 1. The monoisotopic (exact) mass is 337 g/mol. The Morgan fingerprint density at radius 2 is 1.76 bits per heavy atom. The minimum atomic E-state index is -1.09. The molecular weight excluding hydrogens is 322 g/mol. The third-order valence-corrected chi connectivity index (χ3v) is 4.11. The molecule has 0 unspecified atom stereocenters. The normalized spacial score (nSPS) is 14.6. The molecule has 1 aliphatic heterocycles. The standard InChI is InChI=1S/C19H15NO5/c1-20-16-9-11(19(23)24)7-8-13(16)15(10-17(21)25-2)12-5-3-4-6-14(12)18(20)22/h3-10H,1-2H3,(H,23,24). The SMILES string of the molecule is COC(=O)C=C1c2ccccc2C(=O)N(C)c2cc(C(=O)O)ccc21. The number of carboxylic acids is 1. The van der Waals surface area contributed by atoms with E-state index in [-0.39, 0.29) is 11.5 Å². The van der Waals surface area contributed by atoms with E-state index in [9.17, 15) is 19.5 Å². The molecule has 1 aliphatic rings. The van der Waals surface area contributed by atoms with Gasteiger partial charge in [0.25, 0.3) is 5.91 Å². The first-order valence-corrected chi connectivity index (χ1v) is 7.49. The summed E-state index contributed by atoms with van der Waals surface area (Å²) in [6.45, 7) is 0. The fraction of sp³-hybridized carbons (Fsp3) is 0.105. The lowest BCUT2D eigenvalue weighted by atomic mass is 9.93. The molecule has 3 rings (SSSR count). The largest absolute Gasteiger partial charge is 0.478 e. The Hall–Kier alpha value is -3.41. The van der Waals surface area contributed by atoms with Gasteiger partial charge in [0.15, 0.2) is 0 Å². The van der Waals surface area contributed by atoms with Crippen LogP contribution in [0.4, 0.5) is 5.69 Å². The van der Waals surface area contributed by atoms with Crippen LogP contribution in [-0.2, 0) is 9.53 Å². The van der Waals surface area contributed by atoms with E-state index in [2.05, 4.69) is 0 Å². The molecule has 25 heavy (non-hydrogen) atoms. The summed E-state index contributed by atoms with van der Waals surface area (Å²) < 4.78 is 4.73. The van der Waals surface area contributed by atoms with Crippen LogP contribution < -0.4 is 4.90 Å². The van der Waals surface area contributed by atoms with Crippen LogP contribution in [0.5, 0.6) is 0 Å². The van der Waals surface area contributed by atoms with Gasteiger partial charge in [0, 0.05) is 24.3 Å². The van der Waals surface area contributed by atoms with Crippen LogP contribution >= 0.6 is 0 Å². The van der Waals surface area contributed by atoms with Crippen LogP contribution in [-0.4, -0.2) is 37.1 Å². The molecule has 0 fully saturated rings. The maximum atomic E-state index is 12.8. The molecule has 2 aromatic carbocycles. The van der Waals surface area contributed by atoms with Crippen LogP contribution in [0.3, 0.4) is 0 Å². The van der Waals surface area contributed by atoms with Gasteiger partial charge >= 0.3 is 11.9 Å². The first-order chi connectivity index (χ1) is 11.9. The van der Waals surface area contributed by atoms with Crippen molar-refractivity contribution in [1.29, 1.82) is 0 Å².